The summed E-state index contributed by atoms with van der Waals surface area (Å²) in [5.74, 6) is 0.606. The fourth-order valence-corrected chi connectivity index (χ4v) is 4.68. The van der Waals surface area contributed by atoms with Crippen LogP contribution in [0.5, 0.6) is 0 Å². The molecule has 1 aliphatic rings. The molecule has 4 aromatic rings. The van der Waals surface area contributed by atoms with Crippen molar-refractivity contribution in [1.82, 2.24) is 14.7 Å². The van der Waals surface area contributed by atoms with Gasteiger partial charge in [0.05, 0.1) is 22.6 Å². The van der Waals surface area contributed by atoms with Crippen LogP contribution in [0.15, 0.2) is 61.1 Å². The van der Waals surface area contributed by atoms with Crippen molar-refractivity contribution >= 4 is 38.4 Å². The number of benzene rings is 2. The first-order chi connectivity index (χ1) is 14.9. The van der Waals surface area contributed by atoms with Crippen molar-refractivity contribution in [3.8, 4) is 0 Å². The third-order valence-corrected chi connectivity index (χ3v) is 6.88. The molecule has 1 saturated carbocycles. The van der Waals surface area contributed by atoms with Crippen molar-refractivity contribution in [2.45, 2.75) is 36.6 Å². The molecule has 0 spiro atoms. The molecule has 1 fully saturated rings. The molecule has 0 saturated heterocycles. The molecular weight excluding hydrogens is 444 g/mol. The van der Waals surface area contributed by atoms with Gasteiger partial charge in [0.2, 0.25) is 5.89 Å². The molecule has 0 radical (unpaired) electrons. The summed E-state index contributed by atoms with van der Waals surface area (Å²) < 4.78 is 39.8. The highest BCUT2D eigenvalue weighted by Crippen LogP contribution is 2.35. The smallest absolute Gasteiger partial charge is 0.408 e. The fourth-order valence-electron chi connectivity index (χ4n) is 3.42. The SMILES string of the molecule is O=c1oc2cc(S(=O)(=O)Nc3cccc(Cl)c3)ccc2n1Cc1noc(C2CCC2)n1. The van der Waals surface area contributed by atoms with Crippen LogP contribution >= 0.6 is 11.6 Å². The maximum Gasteiger partial charge on any atom is 0.420 e. The second-order valence-electron chi connectivity index (χ2n) is 7.38. The van der Waals surface area contributed by atoms with E-state index in [1.807, 2.05) is 0 Å². The number of hydrogen-bond donors (Lipinski definition) is 1. The van der Waals surface area contributed by atoms with Gasteiger partial charge in [-0.25, -0.2) is 13.2 Å². The first-order valence-electron chi connectivity index (χ1n) is 9.63. The number of halogens is 1. The van der Waals surface area contributed by atoms with Crippen molar-refractivity contribution in [3.05, 3.63) is 69.8 Å². The molecule has 160 valence electrons. The van der Waals surface area contributed by atoms with Gasteiger partial charge in [-0.05, 0) is 43.2 Å². The molecule has 2 aromatic heterocycles. The topological polar surface area (TPSA) is 120 Å². The Morgan fingerprint density at radius 1 is 1.19 bits per heavy atom. The monoisotopic (exact) mass is 460 g/mol. The Balaban J connectivity index is 1.43. The number of oxazole rings is 1. The summed E-state index contributed by atoms with van der Waals surface area (Å²) in [4.78, 5) is 16.7. The standard InChI is InChI=1S/C20H17ClN4O5S/c21-13-5-2-6-14(9-13)24-31(27,28)15-7-8-16-17(10-15)29-20(26)25(16)11-18-22-19(30-23-18)12-3-1-4-12/h2,5-10,12,24H,1,3-4,11H2. The quantitative estimate of drug-likeness (QED) is 0.465. The zero-order chi connectivity index (χ0) is 21.6. The average molecular weight is 461 g/mol. The molecule has 0 aliphatic heterocycles. The third-order valence-electron chi connectivity index (χ3n) is 5.26. The van der Waals surface area contributed by atoms with Crippen molar-refractivity contribution in [3.63, 3.8) is 0 Å². The predicted octanol–water partition coefficient (Wildman–Crippen LogP) is 3.75. The van der Waals surface area contributed by atoms with E-state index in [1.54, 1.807) is 18.2 Å². The van der Waals surface area contributed by atoms with Crippen LogP contribution in [0.4, 0.5) is 5.69 Å². The molecule has 0 unspecified atom stereocenters. The zero-order valence-corrected chi connectivity index (χ0v) is 17.7. The highest BCUT2D eigenvalue weighted by atomic mass is 35.5. The summed E-state index contributed by atoms with van der Waals surface area (Å²) in [5.41, 5.74) is 0.898. The number of aromatic nitrogens is 3. The summed E-state index contributed by atoms with van der Waals surface area (Å²) in [7, 11) is -3.91. The number of nitrogens with zero attached hydrogens (tertiary/aromatic N) is 3. The lowest BCUT2D eigenvalue weighted by molar-refractivity contribution is 0.291. The highest BCUT2D eigenvalue weighted by Gasteiger charge is 2.26. The molecule has 2 aromatic carbocycles. The van der Waals surface area contributed by atoms with Gasteiger partial charge in [-0.3, -0.25) is 9.29 Å². The maximum absolute atomic E-state index is 12.7. The van der Waals surface area contributed by atoms with Crippen LogP contribution in [-0.2, 0) is 16.6 Å². The second-order valence-corrected chi connectivity index (χ2v) is 9.49. The number of rotatable bonds is 6. The molecule has 11 heteroatoms. The van der Waals surface area contributed by atoms with Gasteiger partial charge in [-0.15, -0.1) is 0 Å². The largest absolute Gasteiger partial charge is 0.420 e. The number of fused-ring (bicyclic) bond motifs is 1. The molecule has 1 N–H and O–H groups in total. The van der Waals surface area contributed by atoms with Crippen LogP contribution in [0.25, 0.3) is 11.1 Å². The van der Waals surface area contributed by atoms with E-state index >= 15 is 0 Å². The van der Waals surface area contributed by atoms with Gasteiger partial charge in [0.15, 0.2) is 11.4 Å². The third kappa shape index (κ3) is 3.84. The van der Waals surface area contributed by atoms with Crippen molar-refractivity contribution < 1.29 is 17.4 Å². The van der Waals surface area contributed by atoms with Gasteiger partial charge in [0.1, 0.15) is 0 Å². The molecule has 0 atom stereocenters. The molecule has 0 amide bonds. The minimum atomic E-state index is -3.91. The van der Waals surface area contributed by atoms with Gasteiger partial charge in [0.25, 0.3) is 10.0 Å². The van der Waals surface area contributed by atoms with E-state index in [-0.39, 0.29) is 17.0 Å². The molecule has 0 bridgehead atoms. The second kappa shape index (κ2) is 7.54. The lowest BCUT2D eigenvalue weighted by Gasteiger charge is -2.20. The van der Waals surface area contributed by atoms with E-state index in [2.05, 4.69) is 14.9 Å². The first-order valence-corrected chi connectivity index (χ1v) is 11.5. The highest BCUT2D eigenvalue weighted by molar-refractivity contribution is 7.92. The van der Waals surface area contributed by atoms with E-state index in [0.29, 0.717) is 33.9 Å². The van der Waals surface area contributed by atoms with Crippen LogP contribution in [0.3, 0.4) is 0 Å². The lowest BCUT2D eigenvalue weighted by atomic mass is 9.85. The Morgan fingerprint density at radius 3 is 2.77 bits per heavy atom. The number of sulfonamides is 1. The van der Waals surface area contributed by atoms with Crippen LogP contribution in [-0.4, -0.2) is 23.1 Å². The molecule has 31 heavy (non-hydrogen) atoms. The molecule has 2 heterocycles. The minimum absolute atomic E-state index is 0.0484. The van der Waals surface area contributed by atoms with Gasteiger partial charge in [-0.2, -0.15) is 4.98 Å². The predicted molar refractivity (Wildman–Crippen MR) is 113 cm³/mol. The Labute approximate surface area is 181 Å². The van der Waals surface area contributed by atoms with E-state index in [4.69, 9.17) is 20.5 Å². The normalized spacial score (nSPS) is 14.6. The number of hydrogen-bond acceptors (Lipinski definition) is 7. The summed E-state index contributed by atoms with van der Waals surface area (Å²) in [6.07, 6.45) is 3.19. The van der Waals surface area contributed by atoms with E-state index in [9.17, 15) is 13.2 Å². The van der Waals surface area contributed by atoms with Crippen molar-refractivity contribution in [2.75, 3.05) is 4.72 Å². The molecular formula is C20H17ClN4O5S. The van der Waals surface area contributed by atoms with Gasteiger partial charge >= 0.3 is 5.76 Å². The zero-order valence-electron chi connectivity index (χ0n) is 16.1. The van der Waals surface area contributed by atoms with Crippen LogP contribution < -0.4 is 10.5 Å². The van der Waals surface area contributed by atoms with Gasteiger partial charge < -0.3 is 8.94 Å². The Morgan fingerprint density at radius 2 is 2.03 bits per heavy atom. The summed E-state index contributed by atoms with van der Waals surface area (Å²) in [6, 6.07) is 10.6. The summed E-state index contributed by atoms with van der Waals surface area (Å²) in [6.45, 7) is 0.0644. The van der Waals surface area contributed by atoms with Crippen LogP contribution in [0.2, 0.25) is 5.02 Å². The van der Waals surface area contributed by atoms with E-state index in [0.717, 1.165) is 19.3 Å². The first kappa shape index (κ1) is 19.8. The van der Waals surface area contributed by atoms with E-state index in [1.165, 1.54) is 28.8 Å². The van der Waals surface area contributed by atoms with Gasteiger partial charge in [-0.1, -0.05) is 29.2 Å². The lowest BCUT2D eigenvalue weighted by Crippen LogP contribution is -2.16. The van der Waals surface area contributed by atoms with Crippen LogP contribution in [0.1, 0.15) is 36.9 Å². The summed E-state index contributed by atoms with van der Waals surface area (Å²) >= 11 is 5.91. The number of nitrogens with one attached hydrogen (secondary N) is 1. The Kier molecular flexibility index (Phi) is 4.82. The van der Waals surface area contributed by atoms with E-state index < -0.39 is 15.8 Å². The Bertz CT molecular complexity index is 1440. The minimum Gasteiger partial charge on any atom is -0.408 e. The maximum atomic E-state index is 12.7. The van der Waals surface area contributed by atoms with Crippen molar-refractivity contribution in [2.24, 2.45) is 0 Å². The Hall–Kier alpha value is -3.11. The van der Waals surface area contributed by atoms with Gasteiger partial charge in [0, 0.05) is 17.0 Å². The molecule has 1 aliphatic carbocycles. The molecule has 5 rings (SSSR count). The van der Waals surface area contributed by atoms with Crippen molar-refractivity contribution in [1.29, 1.82) is 0 Å². The number of anilines is 1. The summed E-state index contributed by atoms with van der Waals surface area (Å²) in [5, 5.41) is 4.35. The average Bonchev–Trinajstić information content (AvgIpc) is 3.24. The van der Waals surface area contributed by atoms with Crippen LogP contribution in [0, 0.1) is 0 Å². The molecule has 9 nitrogen and oxygen atoms in total. The fraction of sp³-hybridized carbons (Fsp3) is 0.250.